The maximum atomic E-state index is 12.0. The summed E-state index contributed by atoms with van der Waals surface area (Å²) in [4.78, 5) is 12.0. The van der Waals surface area contributed by atoms with Crippen LogP contribution in [0.15, 0.2) is 67.0 Å². The number of hydrogen-bond acceptors (Lipinski definition) is 3. The lowest BCUT2D eigenvalue weighted by molar-refractivity contribution is -0.121. The van der Waals surface area contributed by atoms with Crippen molar-refractivity contribution < 1.29 is 9.53 Å². The second-order valence-electron chi connectivity index (χ2n) is 6.21. The average Bonchev–Trinajstić information content (AvgIpc) is 3.18. The molecule has 140 valence electrons. The predicted octanol–water partition coefficient (Wildman–Crippen LogP) is 4.06. The Bertz CT molecular complexity index is 848. The Morgan fingerprint density at radius 3 is 2.70 bits per heavy atom. The number of rotatable bonds is 9. The Balaban J connectivity index is 1.36. The lowest BCUT2D eigenvalue weighted by Crippen LogP contribution is -2.23. The van der Waals surface area contributed by atoms with Gasteiger partial charge in [-0.2, -0.15) is 5.10 Å². The summed E-state index contributed by atoms with van der Waals surface area (Å²) in [5, 5.41) is 7.84. The van der Waals surface area contributed by atoms with Crippen molar-refractivity contribution in [3.8, 4) is 5.75 Å². The molecule has 0 aliphatic carbocycles. The van der Waals surface area contributed by atoms with Crippen molar-refractivity contribution in [2.45, 2.75) is 25.9 Å². The van der Waals surface area contributed by atoms with Crippen LogP contribution in [0.25, 0.3) is 0 Å². The Kier molecular flexibility index (Phi) is 6.88. The van der Waals surface area contributed by atoms with Crippen LogP contribution >= 0.6 is 11.6 Å². The van der Waals surface area contributed by atoms with Gasteiger partial charge >= 0.3 is 0 Å². The first kappa shape index (κ1) is 19.0. The summed E-state index contributed by atoms with van der Waals surface area (Å²) in [5.74, 6) is 0.779. The molecule has 0 spiro atoms. The zero-order valence-corrected chi connectivity index (χ0v) is 15.7. The van der Waals surface area contributed by atoms with Crippen molar-refractivity contribution in [2.24, 2.45) is 0 Å². The number of ether oxygens (including phenoxy) is 1. The largest absolute Gasteiger partial charge is 0.494 e. The van der Waals surface area contributed by atoms with Gasteiger partial charge in [-0.25, -0.2) is 0 Å². The number of benzene rings is 2. The Morgan fingerprint density at radius 1 is 1.11 bits per heavy atom. The van der Waals surface area contributed by atoms with Crippen molar-refractivity contribution in [2.75, 3.05) is 6.61 Å². The van der Waals surface area contributed by atoms with Crippen LogP contribution in [0, 0.1) is 0 Å². The zero-order valence-electron chi connectivity index (χ0n) is 15.0. The summed E-state index contributed by atoms with van der Waals surface area (Å²) in [6.45, 7) is 1.73. The van der Waals surface area contributed by atoms with Gasteiger partial charge in [0, 0.05) is 30.4 Å². The Morgan fingerprint density at radius 2 is 1.93 bits per heavy atom. The summed E-state index contributed by atoms with van der Waals surface area (Å²) in [6, 6.07) is 17.3. The molecule has 0 radical (unpaired) electrons. The van der Waals surface area contributed by atoms with Gasteiger partial charge in [0.25, 0.3) is 0 Å². The quantitative estimate of drug-likeness (QED) is 0.567. The molecule has 0 unspecified atom stereocenters. The molecule has 1 N–H and O–H groups in total. The van der Waals surface area contributed by atoms with E-state index in [4.69, 9.17) is 16.3 Å². The van der Waals surface area contributed by atoms with Gasteiger partial charge in [-0.1, -0.05) is 35.9 Å². The molecule has 3 rings (SSSR count). The van der Waals surface area contributed by atoms with Crippen LogP contribution in [0.2, 0.25) is 5.02 Å². The number of carbonyl (C=O) groups is 1. The van der Waals surface area contributed by atoms with E-state index in [0.29, 0.717) is 31.0 Å². The van der Waals surface area contributed by atoms with Crippen molar-refractivity contribution >= 4 is 17.5 Å². The van der Waals surface area contributed by atoms with Gasteiger partial charge in [-0.3, -0.25) is 9.48 Å². The third-order valence-corrected chi connectivity index (χ3v) is 4.27. The summed E-state index contributed by atoms with van der Waals surface area (Å²) in [5.41, 5.74) is 2.23. The van der Waals surface area contributed by atoms with Crippen molar-refractivity contribution in [3.05, 3.63) is 83.1 Å². The molecule has 0 saturated carbocycles. The molecule has 3 aromatic rings. The minimum Gasteiger partial charge on any atom is -0.494 e. The van der Waals surface area contributed by atoms with Crippen LogP contribution in [-0.2, 0) is 17.9 Å². The van der Waals surface area contributed by atoms with E-state index in [1.807, 2.05) is 41.2 Å². The third kappa shape index (κ3) is 6.46. The second-order valence-corrected chi connectivity index (χ2v) is 6.64. The van der Waals surface area contributed by atoms with Gasteiger partial charge in [0.1, 0.15) is 5.75 Å². The van der Waals surface area contributed by atoms with Crippen LogP contribution in [-0.4, -0.2) is 22.3 Å². The minimum atomic E-state index is 0.0205. The highest BCUT2D eigenvalue weighted by Crippen LogP contribution is 2.15. The van der Waals surface area contributed by atoms with E-state index in [2.05, 4.69) is 22.5 Å². The maximum Gasteiger partial charge on any atom is 0.220 e. The highest BCUT2D eigenvalue weighted by atomic mass is 35.5. The normalized spacial score (nSPS) is 10.6. The minimum absolute atomic E-state index is 0.0205. The van der Waals surface area contributed by atoms with E-state index >= 15 is 0 Å². The number of nitrogens with zero attached hydrogens (tertiary/aromatic N) is 2. The number of amides is 1. The molecule has 0 atom stereocenters. The lowest BCUT2D eigenvalue weighted by Gasteiger charge is -2.09. The third-order valence-electron chi connectivity index (χ3n) is 4.02. The maximum absolute atomic E-state index is 12.0. The van der Waals surface area contributed by atoms with Gasteiger partial charge in [0.2, 0.25) is 5.91 Å². The fraction of sp³-hybridized carbons (Fsp3) is 0.238. The average molecular weight is 384 g/mol. The molecule has 1 aromatic heterocycles. The first-order valence-electron chi connectivity index (χ1n) is 8.89. The molecule has 0 bridgehead atoms. The standard InChI is InChI=1S/C21H22ClN3O2/c22-19-7-9-20(10-8-19)27-13-2-6-21(26)23-15-17-4-1-5-18(14-17)16-25-12-3-11-24-25/h1,3-5,7-12,14H,2,6,13,15-16H2,(H,23,26). The van der Waals surface area contributed by atoms with Crippen molar-refractivity contribution in [1.29, 1.82) is 0 Å². The number of hydrogen-bond donors (Lipinski definition) is 1. The van der Waals surface area contributed by atoms with Gasteiger partial charge in [0.05, 0.1) is 13.2 Å². The smallest absolute Gasteiger partial charge is 0.220 e. The van der Waals surface area contributed by atoms with Gasteiger partial charge < -0.3 is 10.1 Å². The van der Waals surface area contributed by atoms with Crippen LogP contribution in [0.1, 0.15) is 24.0 Å². The molecule has 1 amide bonds. The van der Waals surface area contributed by atoms with Crippen LogP contribution in [0.5, 0.6) is 5.75 Å². The monoisotopic (exact) mass is 383 g/mol. The summed E-state index contributed by atoms with van der Waals surface area (Å²) < 4.78 is 7.47. The van der Waals surface area contributed by atoms with E-state index in [0.717, 1.165) is 23.4 Å². The molecule has 0 saturated heterocycles. The topological polar surface area (TPSA) is 56.1 Å². The number of aromatic nitrogens is 2. The lowest BCUT2D eigenvalue weighted by atomic mass is 10.1. The summed E-state index contributed by atoms with van der Waals surface area (Å²) in [6.07, 6.45) is 4.79. The van der Waals surface area contributed by atoms with Crippen LogP contribution in [0.4, 0.5) is 0 Å². The fourth-order valence-corrected chi connectivity index (χ4v) is 2.79. The molecule has 27 heavy (non-hydrogen) atoms. The van der Waals surface area contributed by atoms with Crippen LogP contribution < -0.4 is 10.1 Å². The first-order chi connectivity index (χ1) is 13.2. The summed E-state index contributed by atoms with van der Waals surface area (Å²) >= 11 is 5.83. The first-order valence-corrected chi connectivity index (χ1v) is 9.27. The molecular weight excluding hydrogens is 362 g/mol. The van der Waals surface area contributed by atoms with E-state index in [-0.39, 0.29) is 5.91 Å². The predicted molar refractivity (Wildman–Crippen MR) is 106 cm³/mol. The van der Waals surface area contributed by atoms with E-state index in [1.54, 1.807) is 18.3 Å². The molecule has 0 fully saturated rings. The van der Waals surface area contributed by atoms with Gasteiger partial charge in [-0.15, -0.1) is 0 Å². The molecule has 1 heterocycles. The Hall–Kier alpha value is -2.79. The molecule has 2 aromatic carbocycles. The van der Waals surface area contributed by atoms with E-state index < -0.39 is 0 Å². The molecule has 0 aliphatic rings. The highest BCUT2D eigenvalue weighted by Gasteiger charge is 2.03. The number of halogens is 1. The van der Waals surface area contributed by atoms with Gasteiger partial charge in [0.15, 0.2) is 0 Å². The van der Waals surface area contributed by atoms with Crippen molar-refractivity contribution in [3.63, 3.8) is 0 Å². The second kappa shape index (κ2) is 9.78. The fourth-order valence-electron chi connectivity index (χ4n) is 2.66. The molecular formula is C21H22ClN3O2. The Labute approximate surface area is 163 Å². The molecule has 0 aliphatic heterocycles. The molecule has 6 heteroatoms. The van der Waals surface area contributed by atoms with Gasteiger partial charge in [-0.05, 0) is 47.9 Å². The van der Waals surface area contributed by atoms with E-state index in [9.17, 15) is 4.79 Å². The zero-order chi connectivity index (χ0) is 18.9. The van der Waals surface area contributed by atoms with E-state index in [1.165, 1.54) is 0 Å². The number of carbonyl (C=O) groups excluding carboxylic acids is 1. The summed E-state index contributed by atoms with van der Waals surface area (Å²) in [7, 11) is 0. The van der Waals surface area contributed by atoms with Crippen LogP contribution in [0.3, 0.4) is 0 Å². The molecule has 5 nitrogen and oxygen atoms in total. The van der Waals surface area contributed by atoms with Crippen molar-refractivity contribution in [1.82, 2.24) is 15.1 Å². The number of nitrogens with one attached hydrogen (secondary N) is 1. The highest BCUT2D eigenvalue weighted by molar-refractivity contribution is 6.30. The SMILES string of the molecule is O=C(CCCOc1ccc(Cl)cc1)NCc1cccc(Cn2cccn2)c1.